The quantitative estimate of drug-likeness (QED) is 0.793. The molecule has 2 rings (SSSR count). The summed E-state index contributed by atoms with van der Waals surface area (Å²) in [4.78, 5) is 20.1. The molecule has 0 bridgehead atoms. The Hall–Kier alpha value is -2.44. The van der Waals surface area contributed by atoms with Crippen LogP contribution in [0.1, 0.15) is 0 Å². The van der Waals surface area contributed by atoms with Crippen molar-refractivity contribution in [3.8, 4) is 11.4 Å². The number of aromatic amines is 1. The number of nitrogens with one attached hydrogen (secondary N) is 1. The largest absolute Gasteiger partial charge is 0.480 e. The molecule has 0 fully saturated rings. The highest BCUT2D eigenvalue weighted by Gasteiger charge is 2.11. The predicted octanol–water partition coefficient (Wildman–Crippen LogP) is 0.387. The van der Waals surface area contributed by atoms with Crippen molar-refractivity contribution in [1.82, 2.24) is 20.2 Å². The molecule has 0 aliphatic heterocycles. The summed E-state index contributed by atoms with van der Waals surface area (Å²) in [6, 6.07) is 3.63. The summed E-state index contributed by atoms with van der Waals surface area (Å²) in [7, 11) is 1.62. The third kappa shape index (κ3) is 2.57. The Morgan fingerprint density at radius 3 is 3.06 bits per heavy atom. The first-order valence-corrected chi connectivity index (χ1v) is 4.92. The number of likely N-dealkylation sites (N-methyl/N-ethyl adjacent to an activating group) is 1. The Morgan fingerprint density at radius 1 is 1.59 bits per heavy atom. The Bertz CT molecular complexity index is 510. The minimum Gasteiger partial charge on any atom is -0.480 e. The zero-order chi connectivity index (χ0) is 12.3. The van der Waals surface area contributed by atoms with Crippen LogP contribution >= 0.6 is 0 Å². The molecular weight excluding hydrogens is 222 g/mol. The molecule has 7 nitrogen and oxygen atoms in total. The Kier molecular flexibility index (Phi) is 2.99. The van der Waals surface area contributed by atoms with Crippen LogP contribution in [0.3, 0.4) is 0 Å². The first-order chi connectivity index (χ1) is 8.16. The lowest BCUT2D eigenvalue weighted by atomic mass is 10.3. The number of pyridine rings is 1. The van der Waals surface area contributed by atoms with E-state index < -0.39 is 5.97 Å². The zero-order valence-electron chi connectivity index (χ0n) is 9.16. The van der Waals surface area contributed by atoms with Crippen LogP contribution in [0, 0.1) is 0 Å². The molecule has 0 aliphatic rings. The lowest BCUT2D eigenvalue weighted by Gasteiger charge is -2.10. The molecular formula is C10H11N5O2. The molecule has 0 aromatic carbocycles. The third-order valence-corrected chi connectivity index (χ3v) is 2.12. The molecule has 2 aromatic rings. The summed E-state index contributed by atoms with van der Waals surface area (Å²) in [5.74, 6) is -0.0307. The number of carbonyl (C=O) groups is 1. The summed E-state index contributed by atoms with van der Waals surface area (Å²) >= 11 is 0. The lowest BCUT2D eigenvalue weighted by molar-refractivity contribution is -0.135. The number of aromatic nitrogens is 4. The van der Waals surface area contributed by atoms with E-state index in [-0.39, 0.29) is 6.54 Å². The topological polar surface area (TPSA) is 95.0 Å². The van der Waals surface area contributed by atoms with Crippen molar-refractivity contribution in [3.63, 3.8) is 0 Å². The maximum absolute atomic E-state index is 10.5. The number of anilines is 1. The van der Waals surface area contributed by atoms with E-state index in [0.29, 0.717) is 11.8 Å². The third-order valence-electron chi connectivity index (χ3n) is 2.12. The highest BCUT2D eigenvalue weighted by Crippen LogP contribution is 2.15. The van der Waals surface area contributed by atoms with Gasteiger partial charge in [-0.05, 0) is 12.1 Å². The van der Waals surface area contributed by atoms with Crippen LogP contribution in [0.4, 0.5) is 5.95 Å². The van der Waals surface area contributed by atoms with Crippen molar-refractivity contribution in [2.24, 2.45) is 0 Å². The van der Waals surface area contributed by atoms with E-state index >= 15 is 0 Å². The van der Waals surface area contributed by atoms with Gasteiger partial charge in [-0.15, -0.1) is 5.10 Å². The summed E-state index contributed by atoms with van der Waals surface area (Å²) in [5.41, 5.74) is 0.801. The maximum atomic E-state index is 10.5. The Labute approximate surface area is 97.1 Å². The molecule has 0 saturated carbocycles. The van der Waals surface area contributed by atoms with Crippen molar-refractivity contribution in [3.05, 3.63) is 24.5 Å². The fraction of sp³-hybridized carbons (Fsp3) is 0.200. The smallest absolute Gasteiger partial charge is 0.323 e. The van der Waals surface area contributed by atoms with Gasteiger partial charge in [0.1, 0.15) is 6.54 Å². The van der Waals surface area contributed by atoms with Gasteiger partial charge in [0.2, 0.25) is 5.95 Å². The predicted molar refractivity (Wildman–Crippen MR) is 60.5 cm³/mol. The zero-order valence-corrected chi connectivity index (χ0v) is 9.16. The monoisotopic (exact) mass is 233 g/mol. The number of aliphatic carboxylic acids is 1. The van der Waals surface area contributed by atoms with Crippen LogP contribution in [-0.2, 0) is 4.79 Å². The lowest BCUT2D eigenvalue weighted by Crippen LogP contribution is -2.26. The van der Waals surface area contributed by atoms with Gasteiger partial charge in [0.25, 0.3) is 0 Å². The van der Waals surface area contributed by atoms with Gasteiger partial charge in [0, 0.05) is 25.0 Å². The van der Waals surface area contributed by atoms with Gasteiger partial charge >= 0.3 is 5.97 Å². The summed E-state index contributed by atoms with van der Waals surface area (Å²) in [6.45, 7) is -0.148. The number of hydrogen-bond donors (Lipinski definition) is 2. The fourth-order valence-electron chi connectivity index (χ4n) is 1.33. The second kappa shape index (κ2) is 4.60. The van der Waals surface area contributed by atoms with Crippen molar-refractivity contribution < 1.29 is 9.90 Å². The molecule has 0 amide bonds. The molecule has 0 spiro atoms. The highest BCUT2D eigenvalue weighted by atomic mass is 16.4. The SMILES string of the molecule is CN(CC(=O)O)c1n[nH]c(-c2cccnc2)n1. The molecule has 0 unspecified atom stereocenters. The number of hydrogen-bond acceptors (Lipinski definition) is 5. The minimum atomic E-state index is -0.930. The molecule has 0 aliphatic carbocycles. The highest BCUT2D eigenvalue weighted by molar-refractivity contribution is 5.72. The van der Waals surface area contributed by atoms with E-state index in [1.54, 1.807) is 25.5 Å². The van der Waals surface area contributed by atoms with Crippen LogP contribution in [0.2, 0.25) is 0 Å². The molecule has 0 atom stereocenters. The average Bonchev–Trinajstić information content (AvgIpc) is 2.78. The average molecular weight is 233 g/mol. The van der Waals surface area contributed by atoms with Crippen molar-refractivity contribution >= 4 is 11.9 Å². The normalized spacial score (nSPS) is 10.2. The number of rotatable bonds is 4. The van der Waals surface area contributed by atoms with Gasteiger partial charge in [-0.3, -0.25) is 14.9 Å². The standard InChI is InChI=1S/C10H11N5O2/c1-15(6-8(16)17)10-12-9(13-14-10)7-3-2-4-11-5-7/h2-5H,6H2,1H3,(H,16,17)(H,12,13,14). The van der Waals surface area contributed by atoms with Crippen molar-refractivity contribution in [2.75, 3.05) is 18.5 Å². The van der Waals surface area contributed by atoms with Crippen LogP contribution in [0.5, 0.6) is 0 Å². The van der Waals surface area contributed by atoms with Gasteiger partial charge < -0.3 is 10.0 Å². The summed E-state index contributed by atoms with van der Waals surface area (Å²) in [6.07, 6.45) is 3.32. The molecule has 2 aromatic heterocycles. The van der Waals surface area contributed by atoms with E-state index in [4.69, 9.17) is 5.11 Å². The molecule has 0 radical (unpaired) electrons. The van der Waals surface area contributed by atoms with Crippen molar-refractivity contribution in [2.45, 2.75) is 0 Å². The van der Waals surface area contributed by atoms with Gasteiger partial charge in [0.15, 0.2) is 5.82 Å². The maximum Gasteiger partial charge on any atom is 0.323 e. The van der Waals surface area contributed by atoms with Gasteiger partial charge in [-0.2, -0.15) is 4.98 Å². The van der Waals surface area contributed by atoms with E-state index in [0.717, 1.165) is 5.56 Å². The van der Waals surface area contributed by atoms with Crippen molar-refractivity contribution in [1.29, 1.82) is 0 Å². The first-order valence-electron chi connectivity index (χ1n) is 4.92. The number of nitrogens with zero attached hydrogens (tertiary/aromatic N) is 4. The molecule has 7 heteroatoms. The van der Waals surface area contributed by atoms with Gasteiger partial charge in [0.05, 0.1) is 0 Å². The van der Waals surface area contributed by atoms with Crippen LogP contribution in [0.15, 0.2) is 24.5 Å². The molecule has 0 saturated heterocycles. The fourth-order valence-corrected chi connectivity index (χ4v) is 1.33. The number of carboxylic acid groups (broad SMARTS) is 1. The minimum absolute atomic E-state index is 0.148. The summed E-state index contributed by atoms with van der Waals surface area (Å²) < 4.78 is 0. The first kappa shape index (κ1) is 11.1. The second-order valence-corrected chi connectivity index (χ2v) is 3.48. The molecule has 2 heterocycles. The Morgan fingerprint density at radius 2 is 2.41 bits per heavy atom. The number of H-pyrrole nitrogens is 1. The van der Waals surface area contributed by atoms with Crippen LogP contribution in [0.25, 0.3) is 11.4 Å². The molecule has 2 N–H and O–H groups in total. The number of carboxylic acids is 1. The van der Waals surface area contributed by atoms with Gasteiger partial charge in [-0.1, -0.05) is 0 Å². The van der Waals surface area contributed by atoms with Crippen LogP contribution < -0.4 is 4.90 Å². The van der Waals surface area contributed by atoms with Crippen LogP contribution in [-0.4, -0.2) is 44.8 Å². The molecule has 17 heavy (non-hydrogen) atoms. The van der Waals surface area contributed by atoms with E-state index in [9.17, 15) is 4.79 Å². The Balaban J connectivity index is 2.19. The second-order valence-electron chi connectivity index (χ2n) is 3.48. The molecule has 88 valence electrons. The van der Waals surface area contributed by atoms with Gasteiger partial charge in [-0.25, -0.2) is 0 Å². The van der Waals surface area contributed by atoms with E-state index in [2.05, 4.69) is 20.2 Å². The van der Waals surface area contributed by atoms with E-state index in [1.165, 1.54) is 4.90 Å². The van der Waals surface area contributed by atoms with E-state index in [1.807, 2.05) is 6.07 Å². The summed E-state index contributed by atoms with van der Waals surface area (Å²) in [5, 5.41) is 15.3.